The van der Waals surface area contributed by atoms with E-state index in [9.17, 15) is 4.79 Å². The van der Waals surface area contributed by atoms with Crippen molar-refractivity contribution >= 4 is 11.6 Å². The second-order valence-corrected chi connectivity index (χ2v) is 3.12. The maximum Gasteiger partial charge on any atom is 0.247 e. The van der Waals surface area contributed by atoms with Gasteiger partial charge < -0.3 is 10.1 Å². The molecule has 15 heavy (non-hydrogen) atoms. The molecule has 2 rings (SSSR count). The first-order valence-corrected chi connectivity index (χ1v) is 4.67. The molecule has 1 amide bonds. The third-order valence-corrected chi connectivity index (χ3v) is 2.15. The van der Waals surface area contributed by atoms with Crippen LogP contribution in [-0.4, -0.2) is 12.5 Å². The van der Waals surface area contributed by atoms with Crippen LogP contribution in [0.15, 0.2) is 43.0 Å². The molecule has 3 heteroatoms. The van der Waals surface area contributed by atoms with E-state index in [4.69, 9.17) is 4.74 Å². The topological polar surface area (TPSA) is 38.3 Å². The number of para-hydroxylation sites is 1. The number of carbonyl (C=O) groups excluding carboxylic acids is 1. The first kappa shape index (κ1) is 9.52. The Balaban J connectivity index is 2.30. The molecule has 0 spiro atoms. The second kappa shape index (κ2) is 4.00. The van der Waals surface area contributed by atoms with Gasteiger partial charge in [-0.15, -0.1) is 0 Å². The van der Waals surface area contributed by atoms with E-state index in [2.05, 4.69) is 11.9 Å². The van der Waals surface area contributed by atoms with E-state index in [1.165, 1.54) is 6.08 Å². The molecule has 1 aliphatic rings. The zero-order valence-corrected chi connectivity index (χ0v) is 8.19. The van der Waals surface area contributed by atoms with Crippen molar-refractivity contribution in [2.24, 2.45) is 0 Å². The molecule has 0 atom stereocenters. The lowest BCUT2D eigenvalue weighted by Gasteiger charge is -2.18. The van der Waals surface area contributed by atoms with Gasteiger partial charge >= 0.3 is 0 Å². The van der Waals surface area contributed by atoms with Gasteiger partial charge in [0, 0.05) is 5.56 Å². The lowest BCUT2D eigenvalue weighted by molar-refractivity contribution is -0.115. The Hall–Kier alpha value is -2.03. The molecule has 0 bridgehead atoms. The molecule has 1 aromatic rings. The second-order valence-electron chi connectivity index (χ2n) is 3.12. The molecule has 0 saturated carbocycles. The standard InChI is InChI=1S/C12H11NO2/c1-2-12(14)13-10-7-8-15-11-6-4-3-5-9(10)11/h2-7H,1,8H2,(H,13,14). The molecule has 0 fully saturated rings. The van der Waals surface area contributed by atoms with Crippen LogP contribution in [0, 0.1) is 0 Å². The molecule has 0 saturated heterocycles. The summed E-state index contributed by atoms with van der Waals surface area (Å²) in [4.78, 5) is 11.2. The summed E-state index contributed by atoms with van der Waals surface area (Å²) in [5.74, 6) is 0.581. The van der Waals surface area contributed by atoms with Crippen molar-refractivity contribution in [1.82, 2.24) is 5.32 Å². The quantitative estimate of drug-likeness (QED) is 0.740. The highest BCUT2D eigenvalue weighted by atomic mass is 16.5. The Labute approximate surface area is 88.1 Å². The minimum Gasteiger partial charge on any atom is -0.489 e. The Morgan fingerprint density at radius 3 is 3.07 bits per heavy atom. The molecular weight excluding hydrogens is 190 g/mol. The molecule has 0 aromatic heterocycles. The normalized spacial score (nSPS) is 13.2. The molecule has 3 nitrogen and oxygen atoms in total. The van der Waals surface area contributed by atoms with Crippen molar-refractivity contribution < 1.29 is 9.53 Å². The van der Waals surface area contributed by atoms with Crippen molar-refractivity contribution in [3.63, 3.8) is 0 Å². The van der Waals surface area contributed by atoms with E-state index in [0.29, 0.717) is 6.61 Å². The van der Waals surface area contributed by atoms with Gasteiger partial charge in [-0.25, -0.2) is 0 Å². The molecule has 76 valence electrons. The number of benzene rings is 1. The highest BCUT2D eigenvalue weighted by Gasteiger charge is 2.13. The monoisotopic (exact) mass is 201 g/mol. The van der Waals surface area contributed by atoms with Crippen molar-refractivity contribution in [2.45, 2.75) is 0 Å². The minimum atomic E-state index is -0.210. The predicted molar refractivity (Wildman–Crippen MR) is 58.3 cm³/mol. The summed E-state index contributed by atoms with van der Waals surface area (Å²) in [6.45, 7) is 3.89. The van der Waals surface area contributed by atoms with Crippen molar-refractivity contribution in [3.8, 4) is 5.75 Å². The zero-order chi connectivity index (χ0) is 10.7. The molecule has 1 N–H and O–H groups in total. The highest BCUT2D eigenvalue weighted by molar-refractivity contribution is 5.94. The molecule has 1 aromatic carbocycles. The number of ether oxygens (including phenoxy) is 1. The van der Waals surface area contributed by atoms with E-state index < -0.39 is 0 Å². The third-order valence-electron chi connectivity index (χ3n) is 2.15. The summed E-state index contributed by atoms with van der Waals surface area (Å²) in [6.07, 6.45) is 3.09. The van der Waals surface area contributed by atoms with E-state index in [1.54, 1.807) is 0 Å². The Bertz CT molecular complexity index is 435. The molecule has 0 radical (unpaired) electrons. The molecule has 0 unspecified atom stereocenters. The Morgan fingerprint density at radius 1 is 1.47 bits per heavy atom. The molecule has 1 aliphatic heterocycles. The van der Waals surface area contributed by atoms with E-state index in [-0.39, 0.29) is 5.91 Å². The van der Waals surface area contributed by atoms with E-state index in [1.807, 2.05) is 30.3 Å². The summed E-state index contributed by atoms with van der Waals surface area (Å²) in [5, 5.41) is 2.75. The average molecular weight is 201 g/mol. The van der Waals surface area contributed by atoms with Gasteiger partial charge in [0.25, 0.3) is 0 Å². The smallest absolute Gasteiger partial charge is 0.247 e. The maximum atomic E-state index is 11.2. The lowest BCUT2D eigenvalue weighted by Crippen LogP contribution is -2.22. The lowest BCUT2D eigenvalue weighted by atomic mass is 10.1. The number of hydrogen-bond acceptors (Lipinski definition) is 2. The van der Waals surface area contributed by atoms with E-state index >= 15 is 0 Å². The van der Waals surface area contributed by atoms with Crippen molar-refractivity contribution in [3.05, 3.63) is 48.6 Å². The predicted octanol–water partition coefficient (Wildman–Crippen LogP) is 1.72. The van der Waals surface area contributed by atoms with Gasteiger partial charge in [-0.05, 0) is 24.3 Å². The van der Waals surface area contributed by atoms with Crippen LogP contribution in [0.3, 0.4) is 0 Å². The number of amides is 1. The van der Waals surface area contributed by atoms with Gasteiger partial charge in [-0.2, -0.15) is 0 Å². The highest BCUT2D eigenvalue weighted by Crippen LogP contribution is 2.27. The summed E-state index contributed by atoms with van der Waals surface area (Å²) >= 11 is 0. The van der Waals surface area contributed by atoms with Crippen LogP contribution >= 0.6 is 0 Å². The number of fused-ring (bicyclic) bond motifs is 1. The largest absolute Gasteiger partial charge is 0.489 e. The number of nitrogens with one attached hydrogen (secondary N) is 1. The van der Waals surface area contributed by atoms with Crippen molar-refractivity contribution in [2.75, 3.05) is 6.61 Å². The summed E-state index contributed by atoms with van der Waals surface area (Å²) < 4.78 is 5.42. The fraction of sp³-hybridized carbons (Fsp3) is 0.0833. The summed E-state index contributed by atoms with van der Waals surface area (Å²) in [6, 6.07) is 7.59. The van der Waals surface area contributed by atoms with Crippen LogP contribution in [0.4, 0.5) is 0 Å². The Kier molecular flexibility index (Phi) is 2.54. The van der Waals surface area contributed by atoms with Gasteiger partial charge in [0.15, 0.2) is 0 Å². The van der Waals surface area contributed by atoms with Crippen LogP contribution in [0.5, 0.6) is 5.75 Å². The van der Waals surface area contributed by atoms with E-state index in [0.717, 1.165) is 17.0 Å². The van der Waals surface area contributed by atoms with Crippen LogP contribution in [-0.2, 0) is 4.79 Å². The fourth-order valence-electron chi connectivity index (χ4n) is 1.44. The number of rotatable bonds is 2. The van der Waals surface area contributed by atoms with Crippen LogP contribution in [0.1, 0.15) is 5.56 Å². The molecular formula is C12H11NO2. The van der Waals surface area contributed by atoms with Crippen molar-refractivity contribution in [1.29, 1.82) is 0 Å². The van der Waals surface area contributed by atoms with Gasteiger partial charge in [0.1, 0.15) is 12.4 Å². The van der Waals surface area contributed by atoms with Crippen LogP contribution in [0.2, 0.25) is 0 Å². The van der Waals surface area contributed by atoms with Gasteiger partial charge in [-0.1, -0.05) is 18.7 Å². The van der Waals surface area contributed by atoms with Gasteiger partial charge in [0.05, 0.1) is 5.70 Å². The maximum absolute atomic E-state index is 11.2. The number of hydrogen-bond donors (Lipinski definition) is 1. The zero-order valence-electron chi connectivity index (χ0n) is 8.19. The average Bonchev–Trinajstić information content (AvgIpc) is 2.29. The fourth-order valence-corrected chi connectivity index (χ4v) is 1.44. The van der Waals surface area contributed by atoms with Gasteiger partial charge in [0.2, 0.25) is 5.91 Å². The number of carbonyl (C=O) groups is 1. The summed E-state index contributed by atoms with van der Waals surface area (Å²) in [7, 11) is 0. The van der Waals surface area contributed by atoms with Crippen LogP contribution < -0.4 is 10.1 Å². The summed E-state index contributed by atoms with van der Waals surface area (Å²) in [5.41, 5.74) is 1.68. The first-order chi connectivity index (χ1) is 7.31. The first-order valence-electron chi connectivity index (χ1n) is 4.67. The Morgan fingerprint density at radius 2 is 2.27 bits per heavy atom. The minimum absolute atomic E-state index is 0.210. The molecule has 1 heterocycles. The van der Waals surface area contributed by atoms with Crippen LogP contribution in [0.25, 0.3) is 5.70 Å². The van der Waals surface area contributed by atoms with Gasteiger partial charge in [-0.3, -0.25) is 4.79 Å². The molecule has 0 aliphatic carbocycles. The third kappa shape index (κ3) is 1.91. The SMILES string of the molecule is C=CC(=O)NC1=CCOc2ccccc21.